The highest BCUT2D eigenvalue weighted by Crippen LogP contribution is 2.22. The number of halogens is 3. The van der Waals surface area contributed by atoms with E-state index in [4.69, 9.17) is 0 Å². The molecule has 0 aliphatic carbocycles. The van der Waals surface area contributed by atoms with Gasteiger partial charge in [0.2, 0.25) is 5.95 Å². The average molecular weight is 352 g/mol. The predicted octanol–water partition coefficient (Wildman–Crippen LogP) is 3.90. The molecule has 2 rings (SSSR count). The number of amides is 1. The van der Waals surface area contributed by atoms with E-state index < -0.39 is 17.5 Å². The molecular formula is C17H19F3N4O. The number of anilines is 2. The molecule has 0 unspecified atom stereocenters. The summed E-state index contributed by atoms with van der Waals surface area (Å²) in [4.78, 5) is 22.1. The molecule has 134 valence electrons. The highest BCUT2D eigenvalue weighted by atomic mass is 19.2. The highest BCUT2D eigenvalue weighted by molar-refractivity contribution is 5.92. The monoisotopic (exact) mass is 352 g/mol. The number of benzene rings is 1. The summed E-state index contributed by atoms with van der Waals surface area (Å²) in [6.45, 7) is 5.12. The molecule has 0 fully saturated rings. The lowest BCUT2D eigenvalue weighted by Gasteiger charge is -2.21. The standard InChI is InChI=1S/C17H19F3N4O/c1-3-9-24(10-4-2)16(25)13-7-8-21-17(23-13)22-12-6-5-11(18)14(19)15(12)20/h5-8H,3-4,9-10H2,1-2H3,(H,21,22,23). The minimum atomic E-state index is -1.59. The van der Waals surface area contributed by atoms with Gasteiger partial charge in [-0.1, -0.05) is 13.8 Å². The van der Waals surface area contributed by atoms with Gasteiger partial charge in [0.15, 0.2) is 17.5 Å². The van der Waals surface area contributed by atoms with E-state index in [1.165, 1.54) is 12.3 Å². The SMILES string of the molecule is CCCN(CCC)C(=O)c1ccnc(Nc2ccc(F)c(F)c2F)n1. The maximum atomic E-state index is 13.7. The maximum absolute atomic E-state index is 13.7. The first-order chi connectivity index (χ1) is 12.0. The summed E-state index contributed by atoms with van der Waals surface area (Å²) >= 11 is 0. The van der Waals surface area contributed by atoms with Crippen LogP contribution < -0.4 is 5.32 Å². The second-order valence-electron chi connectivity index (χ2n) is 5.41. The topological polar surface area (TPSA) is 58.1 Å². The van der Waals surface area contributed by atoms with Crippen LogP contribution in [0.3, 0.4) is 0 Å². The van der Waals surface area contributed by atoms with Gasteiger partial charge < -0.3 is 10.2 Å². The summed E-state index contributed by atoms with van der Waals surface area (Å²) in [6.07, 6.45) is 2.96. The summed E-state index contributed by atoms with van der Waals surface area (Å²) in [5, 5.41) is 2.46. The summed E-state index contributed by atoms with van der Waals surface area (Å²) in [6, 6.07) is 3.28. The fraction of sp³-hybridized carbons (Fsp3) is 0.353. The van der Waals surface area contributed by atoms with E-state index in [0.717, 1.165) is 25.0 Å². The fourth-order valence-electron chi connectivity index (χ4n) is 2.30. The molecule has 0 radical (unpaired) electrons. The summed E-state index contributed by atoms with van der Waals surface area (Å²) in [5.74, 6) is -4.60. The Morgan fingerprint density at radius 3 is 2.40 bits per heavy atom. The third-order valence-corrected chi connectivity index (χ3v) is 3.43. The van der Waals surface area contributed by atoms with Gasteiger partial charge in [0.05, 0.1) is 5.69 Å². The molecule has 0 saturated carbocycles. The van der Waals surface area contributed by atoms with Gasteiger partial charge in [-0.25, -0.2) is 23.1 Å². The Balaban J connectivity index is 2.24. The van der Waals surface area contributed by atoms with Crippen molar-refractivity contribution in [3.63, 3.8) is 0 Å². The largest absolute Gasteiger partial charge is 0.337 e. The van der Waals surface area contributed by atoms with Crippen molar-refractivity contribution in [2.24, 2.45) is 0 Å². The lowest BCUT2D eigenvalue weighted by atomic mass is 10.2. The van der Waals surface area contributed by atoms with Crippen molar-refractivity contribution in [2.45, 2.75) is 26.7 Å². The number of carbonyl (C=O) groups excluding carboxylic acids is 1. The van der Waals surface area contributed by atoms with Crippen molar-refractivity contribution in [1.82, 2.24) is 14.9 Å². The smallest absolute Gasteiger partial charge is 0.272 e. The molecule has 5 nitrogen and oxygen atoms in total. The molecule has 1 N–H and O–H groups in total. The molecule has 1 heterocycles. The third-order valence-electron chi connectivity index (χ3n) is 3.43. The lowest BCUT2D eigenvalue weighted by Crippen LogP contribution is -2.33. The summed E-state index contributed by atoms with van der Waals surface area (Å²) in [7, 11) is 0. The summed E-state index contributed by atoms with van der Waals surface area (Å²) in [5.41, 5.74) is -0.176. The van der Waals surface area contributed by atoms with E-state index in [9.17, 15) is 18.0 Å². The molecule has 0 bridgehead atoms. The minimum Gasteiger partial charge on any atom is -0.337 e. The fourth-order valence-corrected chi connectivity index (χ4v) is 2.30. The first-order valence-electron chi connectivity index (χ1n) is 8.00. The zero-order chi connectivity index (χ0) is 18.4. The molecule has 1 amide bonds. The van der Waals surface area contributed by atoms with Gasteiger partial charge in [-0.05, 0) is 31.0 Å². The molecule has 8 heteroatoms. The van der Waals surface area contributed by atoms with Gasteiger partial charge in [0, 0.05) is 19.3 Å². The zero-order valence-electron chi connectivity index (χ0n) is 14.0. The number of nitrogens with one attached hydrogen (secondary N) is 1. The lowest BCUT2D eigenvalue weighted by molar-refractivity contribution is 0.0749. The Kier molecular flexibility index (Phi) is 6.32. The molecule has 0 aliphatic rings. The Hall–Kier alpha value is -2.64. The molecule has 1 aromatic carbocycles. The van der Waals surface area contributed by atoms with E-state index in [2.05, 4.69) is 15.3 Å². The van der Waals surface area contributed by atoms with Crippen LogP contribution in [0.2, 0.25) is 0 Å². The van der Waals surface area contributed by atoms with Crippen LogP contribution in [-0.2, 0) is 0 Å². The molecule has 25 heavy (non-hydrogen) atoms. The van der Waals surface area contributed by atoms with Gasteiger partial charge in [-0.2, -0.15) is 0 Å². The first-order valence-corrected chi connectivity index (χ1v) is 8.00. The van der Waals surface area contributed by atoms with Crippen molar-refractivity contribution in [3.05, 3.63) is 47.5 Å². The Bertz CT molecular complexity index is 749. The van der Waals surface area contributed by atoms with Crippen LogP contribution >= 0.6 is 0 Å². The number of rotatable bonds is 7. The van der Waals surface area contributed by atoms with E-state index in [1.807, 2.05) is 13.8 Å². The van der Waals surface area contributed by atoms with Crippen LogP contribution in [0.4, 0.5) is 24.8 Å². The van der Waals surface area contributed by atoms with Crippen molar-refractivity contribution in [2.75, 3.05) is 18.4 Å². The second-order valence-corrected chi connectivity index (χ2v) is 5.41. The Labute approximate surface area is 143 Å². The van der Waals surface area contributed by atoms with Crippen molar-refractivity contribution in [3.8, 4) is 0 Å². The molecule has 0 saturated heterocycles. The number of hydrogen-bond acceptors (Lipinski definition) is 4. The van der Waals surface area contributed by atoms with E-state index in [0.29, 0.717) is 13.1 Å². The first kappa shape index (κ1) is 18.7. The number of hydrogen-bond donors (Lipinski definition) is 1. The van der Waals surface area contributed by atoms with E-state index >= 15 is 0 Å². The third kappa shape index (κ3) is 4.46. The highest BCUT2D eigenvalue weighted by Gasteiger charge is 2.18. The molecular weight excluding hydrogens is 333 g/mol. The van der Waals surface area contributed by atoms with E-state index in [-0.39, 0.29) is 23.2 Å². The molecule has 2 aromatic rings. The van der Waals surface area contributed by atoms with E-state index in [1.54, 1.807) is 4.90 Å². The van der Waals surface area contributed by atoms with Gasteiger partial charge >= 0.3 is 0 Å². The number of carbonyl (C=O) groups is 1. The molecule has 1 aromatic heterocycles. The average Bonchev–Trinajstić information content (AvgIpc) is 2.62. The van der Waals surface area contributed by atoms with Gasteiger partial charge in [-0.3, -0.25) is 4.79 Å². The zero-order valence-corrected chi connectivity index (χ0v) is 14.0. The van der Waals surface area contributed by atoms with Crippen LogP contribution in [-0.4, -0.2) is 33.9 Å². The Morgan fingerprint density at radius 1 is 1.08 bits per heavy atom. The van der Waals surface area contributed by atoms with Crippen molar-refractivity contribution in [1.29, 1.82) is 0 Å². The number of nitrogens with zero attached hydrogens (tertiary/aromatic N) is 3. The van der Waals surface area contributed by atoms with Crippen LogP contribution in [0.15, 0.2) is 24.4 Å². The van der Waals surface area contributed by atoms with Crippen LogP contribution in [0.5, 0.6) is 0 Å². The molecule has 0 spiro atoms. The minimum absolute atomic E-state index is 0.0799. The quantitative estimate of drug-likeness (QED) is 0.768. The normalized spacial score (nSPS) is 10.6. The maximum Gasteiger partial charge on any atom is 0.272 e. The van der Waals surface area contributed by atoms with Crippen molar-refractivity contribution >= 4 is 17.5 Å². The summed E-state index contributed by atoms with van der Waals surface area (Å²) < 4.78 is 40.0. The molecule has 0 atom stereocenters. The van der Waals surface area contributed by atoms with Crippen LogP contribution in [0.1, 0.15) is 37.2 Å². The van der Waals surface area contributed by atoms with Gasteiger partial charge in [0.25, 0.3) is 5.91 Å². The van der Waals surface area contributed by atoms with Gasteiger partial charge in [0.1, 0.15) is 5.69 Å². The molecule has 0 aliphatic heterocycles. The van der Waals surface area contributed by atoms with Gasteiger partial charge in [-0.15, -0.1) is 0 Å². The van der Waals surface area contributed by atoms with Crippen molar-refractivity contribution < 1.29 is 18.0 Å². The number of aromatic nitrogens is 2. The Morgan fingerprint density at radius 2 is 1.76 bits per heavy atom. The second kappa shape index (κ2) is 8.46. The van der Waals surface area contributed by atoms with Crippen LogP contribution in [0, 0.1) is 17.5 Å². The predicted molar refractivity (Wildman–Crippen MR) is 88.1 cm³/mol. The van der Waals surface area contributed by atoms with Crippen LogP contribution in [0.25, 0.3) is 0 Å².